The number of aromatic nitrogens is 1. The van der Waals surface area contributed by atoms with Gasteiger partial charge in [-0.05, 0) is 24.6 Å². The summed E-state index contributed by atoms with van der Waals surface area (Å²) < 4.78 is 43.6. The minimum atomic E-state index is -4.39. The largest absolute Gasteiger partial charge is 0.496 e. The van der Waals surface area contributed by atoms with E-state index < -0.39 is 11.7 Å². The predicted molar refractivity (Wildman–Crippen MR) is 112 cm³/mol. The Morgan fingerprint density at radius 2 is 1.90 bits per heavy atom. The summed E-state index contributed by atoms with van der Waals surface area (Å²) >= 11 is 0. The second-order valence-corrected chi connectivity index (χ2v) is 7.58. The summed E-state index contributed by atoms with van der Waals surface area (Å²) in [6, 6.07) is 10.1. The van der Waals surface area contributed by atoms with Gasteiger partial charge in [0.15, 0.2) is 0 Å². The smallest absolute Gasteiger partial charge is 0.417 e. The molecule has 1 saturated heterocycles. The van der Waals surface area contributed by atoms with E-state index >= 15 is 0 Å². The Kier molecular flexibility index (Phi) is 7.37. The molecule has 3 rings (SSSR count). The van der Waals surface area contributed by atoms with Crippen molar-refractivity contribution in [2.75, 3.05) is 51.8 Å². The van der Waals surface area contributed by atoms with Crippen LogP contribution in [0.3, 0.4) is 0 Å². The molecule has 1 fully saturated rings. The van der Waals surface area contributed by atoms with E-state index in [9.17, 15) is 18.0 Å². The minimum Gasteiger partial charge on any atom is -0.496 e. The number of alkyl halides is 3. The summed E-state index contributed by atoms with van der Waals surface area (Å²) in [5.74, 6) is 1.28. The minimum absolute atomic E-state index is 0.00649. The summed E-state index contributed by atoms with van der Waals surface area (Å²) in [5.41, 5.74) is 0.188. The molecule has 0 N–H and O–H groups in total. The molecule has 0 saturated carbocycles. The van der Waals surface area contributed by atoms with Crippen LogP contribution in [0.5, 0.6) is 5.75 Å². The van der Waals surface area contributed by atoms with Crippen LogP contribution in [-0.2, 0) is 17.5 Å². The van der Waals surface area contributed by atoms with Gasteiger partial charge in [0.2, 0.25) is 5.91 Å². The molecule has 1 aromatic carbocycles. The van der Waals surface area contributed by atoms with Crippen LogP contribution in [0, 0.1) is 0 Å². The highest BCUT2D eigenvalue weighted by Crippen LogP contribution is 2.29. The maximum Gasteiger partial charge on any atom is 0.417 e. The number of amides is 1. The highest BCUT2D eigenvalue weighted by molar-refractivity contribution is 5.78. The Morgan fingerprint density at radius 3 is 2.58 bits per heavy atom. The van der Waals surface area contributed by atoms with Gasteiger partial charge in [-0.15, -0.1) is 0 Å². The number of para-hydroxylation sites is 1. The third-order valence-corrected chi connectivity index (χ3v) is 5.37. The molecule has 0 aliphatic carbocycles. The van der Waals surface area contributed by atoms with Crippen molar-refractivity contribution in [1.82, 2.24) is 14.8 Å². The Labute approximate surface area is 180 Å². The first kappa shape index (κ1) is 22.9. The van der Waals surface area contributed by atoms with Crippen molar-refractivity contribution >= 4 is 11.7 Å². The summed E-state index contributed by atoms with van der Waals surface area (Å²) in [6.07, 6.45) is -2.72. The first-order valence-electron chi connectivity index (χ1n) is 10.1. The fourth-order valence-corrected chi connectivity index (χ4v) is 3.59. The number of pyridine rings is 1. The molecule has 1 aromatic heterocycles. The number of nitrogens with zero attached hydrogens (tertiary/aromatic N) is 4. The molecule has 1 aliphatic heterocycles. The van der Waals surface area contributed by atoms with E-state index in [4.69, 9.17) is 4.74 Å². The lowest BCUT2D eigenvalue weighted by molar-refractivity contribution is -0.137. The maximum atomic E-state index is 12.7. The van der Waals surface area contributed by atoms with E-state index in [0.29, 0.717) is 38.5 Å². The number of halogens is 3. The van der Waals surface area contributed by atoms with Crippen molar-refractivity contribution in [3.05, 3.63) is 53.7 Å². The number of hydrogen-bond acceptors (Lipinski definition) is 5. The molecule has 2 aromatic rings. The zero-order valence-corrected chi connectivity index (χ0v) is 17.7. The number of rotatable bonds is 6. The van der Waals surface area contributed by atoms with E-state index in [2.05, 4.69) is 9.88 Å². The van der Waals surface area contributed by atoms with Crippen LogP contribution in [0.2, 0.25) is 0 Å². The number of hydrogen-bond donors (Lipinski definition) is 0. The zero-order valence-electron chi connectivity index (χ0n) is 17.7. The molecule has 0 radical (unpaired) electrons. The van der Waals surface area contributed by atoms with Crippen molar-refractivity contribution in [1.29, 1.82) is 0 Å². The normalized spacial score (nSPS) is 15.5. The maximum absolute atomic E-state index is 12.7. The fraction of sp³-hybridized carbons (Fsp3) is 0.455. The monoisotopic (exact) mass is 436 g/mol. The summed E-state index contributed by atoms with van der Waals surface area (Å²) in [6.45, 7) is 3.41. The third kappa shape index (κ3) is 6.10. The SMILES string of the molecule is COc1ccccc1CN(C)C(=O)CN1CCCN(c2ccc(C(F)(F)F)cn2)CC1. The van der Waals surface area contributed by atoms with Gasteiger partial charge in [0, 0.05) is 51.5 Å². The van der Waals surface area contributed by atoms with E-state index in [1.807, 2.05) is 29.2 Å². The van der Waals surface area contributed by atoms with Crippen LogP contribution >= 0.6 is 0 Å². The number of carbonyl (C=O) groups is 1. The van der Waals surface area contributed by atoms with Crippen molar-refractivity contribution in [2.24, 2.45) is 0 Å². The molecular formula is C22H27F3N4O2. The Bertz CT molecular complexity index is 874. The van der Waals surface area contributed by atoms with Crippen LogP contribution in [0.15, 0.2) is 42.6 Å². The molecule has 6 nitrogen and oxygen atoms in total. The standard InChI is InChI=1S/C22H27F3N4O2/c1-27(15-17-6-3-4-7-19(17)31-2)21(30)16-28-10-5-11-29(13-12-28)20-9-8-18(14-26-20)22(23,24)25/h3-4,6-9,14H,5,10-13,15-16H2,1-2H3. The lowest BCUT2D eigenvalue weighted by Gasteiger charge is -2.25. The predicted octanol–water partition coefficient (Wildman–Crippen LogP) is 3.28. The first-order valence-corrected chi connectivity index (χ1v) is 10.1. The first-order chi connectivity index (χ1) is 14.8. The Morgan fingerprint density at radius 1 is 1.13 bits per heavy atom. The van der Waals surface area contributed by atoms with Gasteiger partial charge >= 0.3 is 6.18 Å². The molecule has 1 amide bonds. The number of benzene rings is 1. The molecule has 31 heavy (non-hydrogen) atoms. The lowest BCUT2D eigenvalue weighted by atomic mass is 10.2. The van der Waals surface area contributed by atoms with Gasteiger partial charge in [0.25, 0.3) is 0 Å². The highest BCUT2D eigenvalue weighted by atomic mass is 19.4. The molecule has 9 heteroatoms. The van der Waals surface area contributed by atoms with Gasteiger partial charge in [-0.2, -0.15) is 13.2 Å². The molecule has 0 spiro atoms. The molecule has 1 aliphatic rings. The third-order valence-electron chi connectivity index (χ3n) is 5.37. The molecule has 2 heterocycles. The van der Waals surface area contributed by atoms with E-state index in [-0.39, 0.29) is 5.91 Å². The quantitative estimate of drug-likeness (QED) is 0.696. The molecule has 0 bridgehead atoms. The number of carbonyl (C=O) groups excluding carboxylic acids is 1. The van der Waals surface area contributed by atoms with Gasteiger partial charge in [-0.3, -0.25) is 9.69 Å². The number of likely N-dealkylation sites (N-methyl/N-ethyl adjacent to an activating group) is 1. The van der Waals surface area contributed by atoms with Crippen LogP contribution in [0.25, 0.3) is 0 Å². The van der Waals surface area contributed by atoms with Crippen LogP contribution in [0.1, 0.15) is 17.5 Å². The van der Waals surface area contributed by atoms with E-state index in [1.165, 1.54) is 6.07 Å². The van der Waals surface area contributed by atoms with Crippen molar-refractivity contribution in [2.45, 2.75) is 19.1 Å². The van der Waals surface area contributed by atoms with E-state index in [0.717, 1.165) is 36.5 Å². The van der Waals surface area contributed by atoms with Gasteiger partial charge in [0.1, 0.15) is 11.6 Å². The van der Waals surface area contributed by atoms with E-state index in [1.54, 1.807) is 19.1 Å². The van der Waals surface area contributed by atoms with Crippen LogP contribution < -0.4 is 9.64 Å². The van der Waals surface area contributed by atoms with Crippen LogP contribution in [-0.4, -0.2) is 67.6 Å². The van der Waals surface area contributed by atoms with Crippen molar-refractivity contribution in [3.63, 3.8) is 0 Å². The Hall–Kier alpha value is -2.81. The van der Waals surface area contributed by atoms with Crippen LogP contribution in [0.4, 0.5) is 19.0 Å². The second kappa shape index (κ2) is 10.00. The number of anilines is 1. The summed E-state index contributed by atoms with van der Waals surface area (Å²) in [5, 5.41) is 0. The number of methoxy groups -OCH3 is 1. The topological polar surface area (TPSA) is 48.9 Å². The average molecular weight is 436 g/mol. The number of ether oxygens (including phenoxy) is 1. The van der Waals surface area contributed by atoms with Gasteiger partial charge < -0.3 is 14.5 Å². The van der Waals surface area contributed by atoms with Gasteiger partial charge in [-0.1, -0.05) is 18.2 Å². The van der Waals surface area contributed by atoms with Gasteiger partial charge in [0.05, 0.1) is 19.2 Å². The average Bonchev–Trinajstić information content (AvgIpc) is 2.99. The molecule has 0 atom stereocenters. The van der Waals surface area contributed by atoms with Gasteiger partial charge in [-0.25, -0.2) is 4.98 Å². The summed E-state index contributed by atoms with van der Waals surface area (Å²) in [4.78, 5) is 22.4. The molecule has 168 valence electrons. The highest BCUT2D eigenvalue weighted by Gasteiger charge is 2.31. The summed E-state index contributed by atoms with van der Waals surface area (Å²) in [7, 11) is 3.38. The molecular weight excluding hydrogens is 409 g/mol. The zero-order chi connectivity index (χ0) is 22.4. The second-order valence-electron chi connectivity index (χ2n) is 7.58. The lowest BCUT2D eigenvalue weighted by Crippen LogP contribution is -2.40. The molecule has 0 unspecified atom stereocenters. The Balaban J connectivity index is 1.54. The fourth-order valence-electron chi connectivity index (χ4n) is 3.59. The van der Waals surface area contributed by atoms with Crippen molar-refractivity contribution in [3.8, 4) is 5.75 Å². The van der Waals surface area contributed by atoms with Crippen molar-refractivity contribution < 1.29 is 22.7 Å².